The number of carbonyl (C=O) groups excluding carboxylic acids is 2. The number of benzene rings is 2. The Labute approximate surface area is 187 Å². The SMILES string of the molecule is CN(C(=O)CC(C)(C)NC(=O)OCC1c2ccccc2-c2ccccc21)C1(C(=O)O)CC1. The van der Waals surface area contributed by atoms with Gasteiger partial charge < -0.3 is 20.1 Å². The van der Waals surface area contributed by atoms with Crippen LogP contribution in [0.4, 0.5) is 4.79 Å². The molecule has 0 saturated heterocycles. The summed E-state index contributed by atoms with van der Waals surface area (Å²) in [6, 6.07) is 16.2. The maximum Gasteiger partial charge on any atom is 0.407 e. The van der Waals surface area contributed by atoms with E-state index < -0.39 is 23.1 Å². The molecule has 1 saturated carbocycles. The summed E-state index contributed by atoms with van der Waals surface area (Å²) in [4.78, 5) is 38.0. The molecule has 2 amide bonds. The maximum absolute atomic E-state index is 12.6. The monoisotopic (exact) mass is 436 g/mol. The Kier molecular flexibility index (Phi) is 5.44. The van der Waals surface area contributed by atoms with Gasteiger partial charge in [-0.05, 0) is 48.9 Å². The van der Waals surface area contributed by atoms with Crippen LogP contribution in [0.3, 0.4) is 0 Å². The van der Waals surface area contributed by atoms with Crippen molar-refractivity contribution in [2.24, 2.45) is 0 Å². The Morgan fingerprint density at radius 2 is 1.59 bits per heavy atom. The van der Waals surface area contributed by atoms with Gasteiger partial charge in [-0.15, -0.1) is 0 Å². The minimum absolute atomic E-state index is 0.0251. The molecular weight excluding hydrogens is 408 g/mol. The molecule has 0 atom stereocenters. The number of nitrogens with one attached hydrogen (secondary N) is 1. The van der Waals surface area contributed by atoms with Gasteiger partial charge in [0, 0.05) is 24.9 Å². The van der Waals surface area contributed by atoms with Crippen molar-refractivity contribution in [3.63, 3.8) is 0 Å². The van der Waals surface area contributed by atoms with Crippen LogP contribution in [0.1, 0.15) is 50.2 Å². The second-order valence-corrected chi connectivity index (χ2v) is 9.30. The molecule has 168 valence electrons. The van der Waals surface area contributed by atoms with E-state index in [2.05, 4.69) is 29.6 Å². The van der Waals surface area contributed by atoms with Gasteiger partial charge in [-0.2, -0.15) is 0 Å². The number of nitrogens with zero attached hydrogens (tertiary/aromatic N) is 1. The zero-order valence-corrected chi connectivity index (χ0v) is 18.6. The van der Waals surface area contributed by atoms with Gasteiger partial charge in [0.05, 0.1) is 0 Å². The van der Waals surface area contributed by atoms with Crippen molar-refractivity contribution in [2.45, 2.75) is 50.1 Å². The number of amides is 2. The number of aliphatic carboxylic acids is 1. The molecule has 0 bridgehead atoms. The molecule has 7 heteroatoms. The lowest BCUT2D eigenvalue weighted by atomic mass is 9.98. The zero-order valence-electron chi connectivity index (χ0n) is 18.6. The van der Waals surface area contributed by atoms with Gasteiger partial charge in [-0.1, -0.05) is 48.5 Å². The van der Waals surface area contributed by atoms with E-state index in [-0.39, 0.29) is 24.9 Å². The standard InChI is InChI=1S/C25H28N2O5/c1-24(2,14-21(28)27(3)25(12-13-25)22(29)30)26-23(31)32-15-20-18-10-6-4-8-16(18)17-9-5-7-11-19(17)20/h4-11,20H,12-15H2,1-3H3,(H,26,31)(H,29,30). The van der Waals surface area contributed by atoms with E-state index in [1.165, 1.54) is 11.9 Å². The summed E-state index contributed by atoms with van der Waals surface area (Å²) in [5, 5.41) is 12.2. The molecule has 4 rings (SSSR count). The quantitative estimate of drug-likeness (QED) is 0.689. The number of hydrogen-bond donors (Lipinski definition) is 2. The van der Waals surface area contributed by atoms with E-state index in [9.17, 15) is 19.5 Å². The van der Waals surface area contributed by atoms with Crippen LogP contribution < -0.4 is 5.32 Å². The Bertz CT molecular complexity index is 1030. The van der Waals surface area contributed by atoms with Crippen LogP contribution >= 0.6 is 0 Å². The van der Waals surface area contributed by atoms with Crippen LogP contribution in [0.2, 0.25) is 0 Å². The number of hydrogen-bond acceptors (Lipinski definition) is 4. The average molecular weight is 437 g/mol. The minimum atomic E-state index is -1.10. The summed E-state index contributed by atoms with van der Waals surface area (Å²) in [7, 11) is 1.51. The largest absolute Gasteiger partial charge is 0.479 e. The van der Waals surface area contributed by atoms with E-state index in [1.54, 1.807) is 13.8 Å². The lowest BCUT2D eigenvalue weighted by Gasteiger charge is -2.30. The van der Waals surface area contributed by atoms with Crippen LogP contribution in [-0.2, 0) is 14.3 Å². The first kappa shape index (κ1) is 21.9. The first-order valence-corrected chi connectivity index (χ1v) is 10.8. The van der Waals surface area contributed by atoms with E-state index in [1.807, 2.05) is 24.3 Å². The molecule has 7 nitrogen and oxygen atoms in total. The van der Waals surface area contributed by atoms with E-state index in [4.69, 9.17) is 4.74 Å². The molecule has 0 heterocycles. The molecular formula is C25H28N2O5. The third-order valence-corrected chi connectivity index (χ3v) is 6.52. The van der Waals surface area contributed by atoms with Crippen molar-refractivity contribution >= 4 is 18.0 Å². The molecule has 0 spiro atoms. The van der Waals surface area contributed by atoms with Crippen LogP contribution in [0.15, 0.2) is 48.5 Å². The summed E-state index contributed by atoms with van der Waals surface area (Å²) in [6.07, 6.45) is 0.268. The smallest absolute Gasteiger partial charge is 0.407 e. The fraction of sp³-hybridized carbons (Fsp3) is 0.400. The highest BCUT2D eigenvalue weighted by molar-refractivity contribution is 5.90. The number of ether oxygens (including phenoxy) is 1. The summed E-state index contributed by atoms with van der Waals surface area (Å²) >= 11 is 0. The molecule has 0 radical (unpaired) electrons. The van der Waals surface area contributed by atoms with Gasteiger partial charge in [-0.25, -0.2) is 9.59 Å². The molecule has 2 aliphatic carbocycles. The van der Waals surface area contributed by atoms with Crippen molar-refractivity contribution in [1.29, 1.82) is 0 Å². The Balaban J connectivity index is 1.37. The van der Waals surface area contributed by atoms with Crippen LogP contribution in [0, 0.1) is 0 Å². The summed E-state index contributed by atoms with van der Waals surface area (Å²) in [6.45, 7) is 3.63. The Hall–Kier alpha value is -3.35. The molecule has 1 fully saturated rings. The summed E-state index contributed by atoms with van der Waals surface area (Å²) in [5.74, 6) is -1.36. The fourth-order valence-corrected chi connectivity index (χ4v) is 4.50. The zero-order chi connectivity index (χ0) is 23.1. The number of carboxylic acid groups (broad SMARTS) is 1. The van der Waals surface area contributed by atoms with E-state index in [0.29, 0.717) is 12.8 Å². The third kappa shape index (κ3) is 3.95. The predicted molar refractivity (Wildman–Crippen MR) is 119 cm³/mol. The van der Waals surface area contributed by atoms with Gasteiger partial charge in [0.1, 0.15) is 12.1 Å². The highest BCUT2D eigenvalue weighted by atomic mass is 16.5. The molecule has 2 aromatic rings. The fourth-order valence-electron chi connectivity index (χ4n) is 4.50. The van der Waals surface area contributed by atoms with E-state index >= 15 is 0 Å². The lowest BCUT2D eigenvalue weighted by molar-refractivity contribution is -0.151. The van der Waals surface area contributed by atoms with Gasteiger partial charge in [-0.3, -0.25) is 4.79 Å². The average Bonchev–Trinajstić information content (AvgIpc) is 3.50. The number of carboxylic acids is 1. The van der Waals surface area contributed by atoms with E-state index in [0.717, 1.165) is 22.3 Å². The second-order valence-electron chi connectivity index (χ2n) is 9.30. The van der Waals surface area contributed by atoms with Gasteiger partial charge in [0.25, 0.3) is 0 Å². The topological polar surface area (TPSA) is 95.9 Å². The van der Waals surface area contributed by atoms with Crippen molar-refractivity contribution in [3.05, 3.63) is 59.7 Å². The highest BCUT2D eigenvalue weighted by Gasteiger charge is 2.55. The number of likely N-dealkylation sites (N-methyl/N-ethyl adjacent to an activating group) is 1. The molecule has 0 unspecified atom stereocenters. The number of carbonyl (C=O) groups is 3. The maximum atomic E-state index is 12.6. The first-order valence-electron chi connectivity index (χ1n) is 10.8. The minimum Gasteiger partial charge on any atom is -0.479 e. The van der Waals surface area contributed by atoms with Crippen molar-refractivity contribution in [1.82, 2.24) is 10.2 Å². The summed E-state index contributed by atoms with van der Waals surface area (Å²) in [5.41, 5.74) is 2.57. The van der Waals surface area contributed by atoms with Gasteiger partial charge in [0.15, 0.2) is 0 Å². The summed E-state index contributed by atoms with van der Waals surface area (Å²) < 4.78 is 5.57. The molecule has 32 heavy (non-hydrogen) atoms. The molecule has 0 aliphatic heterocycles. The molecule has 2 aliphatic rings. The predicted octanol–water partition coefficient (Wildman–Crippen LogP) is 3.77. The van der Waals surface area contributed by atoms with Crippen LogP contribution in [0.5, 0.6) is 0 Å². The number of alkyl carbamates (subject to hydrolysis) is 1. The number of fused-ring (bicyclic) bond motifs is 3. The van der Waals surface area contributed by atoms with Gasteiger partial charge >= 0.3 is 12.1 Å². The Morgan fingerprint density at radius 1 is 1.06 bits per heavy atom. The normalized spacial score (nSPS) is 16.0. The van der Waals surface area contributed by atoms with Gasteiger partial charge in [0.2, 0.25) is 5.91 Å². The van der Waals surface area contributed by atoms with Crippen LogP contribution in [-0.4, -0.2) is 52.7 Å². The van der Waals surface area contributed by atoms with Crippen molar-refractivity contribution < 1.29 is 24.2 Å². The molecule has 0 aromatic heterocycles. The highest BCUT2D eigenvalue weighted by Crippen LogP contribution is 2.44. The molecule has 2 aromatic carbocycles. The third-order valence-electron chi connectivity index (χ3n) is 6.52. The number of rotatable bonds is 7. The van der Waals surface area contributed by atoms with Crippen molar-refractivity contribution in [2.75, 3.05) is 13.7 Å². The first-order chi connectivity index (χ1) is 15.1. The molecule has 2 N–H and O–H groups in total. The van der Waals surface area contributed by atoms with Crippen molar-refractivity contribution in [3.8, 4) is 11.1 Å². The second kappa shape index (κ2) is 7.97. The Morgan fingerprint density at radius 3 is 2.09 bits per heavy atom. The van der Waals surface area contributed by atoms with Crippen LogP contribution in [0.25, 0.3) is 11.1 Å². The lowest BCUT2D eigenvalue weighted by Crippen LogP contribution is -2.51.